The van der Waals surface area contributed by atoms with E-state index in [0.717, 1.165) is 0 Å². The van der Waals surface area contributed by atoms with Gasteiger partial charge in [-0.2, -0.15) is 0 Å². The third kappa shape index (κ3) is 9.16. The van der Waals surface area contributed by atoms with Gasteiger partial charge in [0.05, 0.1) is 0 Å². The molecule has 2 nitrogen and oxygen atoms in total. The van der Waals surface area contributed by atoms with E-state index in [2.05, 4.69) is 138 Å². The van der Waals surface area contributed by atoms with E-state index >= 15 is 0 Å². The van der Waals surface area contributed by atoms with Crippen LogP contribution in [0.15, 0.2) is 60.7 Å². The van der Waals surface area contributed by atoms with Crippen LogP contribution in [0.1, 0.15) is 133 Å². The molecule has 2 N–H and O–H groups in total. The summed E-state index contributed by atoms with van der Waals surface area (Å²) < 4.78 is 0. The summed E-state index contributed by atoms with van der Waals surface area (Å²) in [6.45, 7) is 23.9. The Morgan fingerprint density at radius 2 is 0.837 bits per heavy atom. The minimum absolute atomic E-state index is 0.157. The molecule has 0 bridgehead atoms. The van der Waals surface area contributed by atoms with Crippen LogP contribution in [0.5, 0.6) is 0 Å². The fourth-order valence-electron chi connectivity index (χ4n) is 8.12. The Morgan fingerprint density at radius 3 is 1.19 bits per heavy atom. The molecule has 4 rings (SSSR count). The van der Waals surface area contributed by atoms with E-state index in [1.54, 1.807) is 22.3 Å². The van der Waals surface area contributed by atoms with Crippen molar-refractivity contribution in [3.8, 4) is 0 Å². The maximum Gasteiger partial charge on any atom is 0.131 e. The quantitative estimate of drug-likeness (QED) is 0.163. The number of allylic oxidation sites excluding steroid dienone is 4. The normalized spacial score (nSPS) is 18.8. The fourth-order valence-corrected chi connectivity index (χ4v) is 15.6. The highest BCUT2D eigenvalue weighted by molar-refractivity contribution is 6.77. The Balaban J connectivity index is 1.20. The monoisotopic (exact) mass is 614 g/mol. The van der Waals surface area contributed by atoms with Crippen molar-refractivity contribution in [3.05, 3.63) is 82.9 Å². The van der Waals surface area contributed by atoms with E-state index in [9.17, 15) is 0 Å². The molecule has 0 amide bonds. The third-order valence-electron chi connectivity index (χ3n) is 9.36. The Hall–Kier alpha value is -1.73. The highest BCUT2D eigenvalue weighted by atomic mass is 28.3. The Kier molecular flexibility index (Phi) is 10.9. The second kappa shape index (κ2) is 13.7. The van der Waals surface area contributed by atoms with Crippen molar-refractivity contribution in [2.45, 2.75) is 148 Å². The lowest BCUT2D eigenvalue weighted by atomic mass is 9.98. The van der Waals surface area contributed by atoms with Crippen LogP contribution >= 0.6 is 0 Å². The SMILES string of the molecule is CC(C)(C)N[Si](C)(C)C1C=C(CCCCCCCCCC2=CC([Si](C)(C)NC(C)(C)C)c3ccccc32)c2ccccc21. The number of fused-ring (bicyclic) bond motifs is 2. The molecule has 0 fully saturated rings. The maximum atomic E-state index is 4.03. The first-order chi connectivity index (χ1) is 20.1. The highest BCUT2D eigenvalue weighted by Gasteiger charge is 2.40. The van der Waals surface area contributed by atoms with Gasteiger partial charge in [0.1, 0.15) is 16.5 Å². The van der Waals surface area contributed by atoms with Crippen LogP contribution in [-0.2, 0) is 0 Å². The van der Waals surface area contributed by atoms with Crippen molar-refractivity contribution in [2.24, 2.45) is 0 Å². The van der Waals surface area contributed by atoms with Crippen molar-refractivity contribution in [2.75, 3.05) is 0 Å². The summed E-state index contributed by atoms with van der Waals surface area (Å²) in [6, 6.07) is 18.4. The standard InChI is InChI=1S/C39H62N2Si2/c1-38(2,3)40-42(7,8)36-28-30(32-24-18-20-26-34(32)36)22-16-14-12-11-13-15-17-23-31-29-37(35-27-21-19-25-33(31)35)43(9,10)41-39(4,5)6/h18-21,24-29,36-37,40-41H,11-17,22-23H2,1-10H3. The van der Waals surface area contributed by atoms with Crippen molar-refractivity contribution in [1.82, 2.24) is 9.96 Å². The van der Waals surface area contributed by atoms with Crippen molar-refractivity contribution >= 4 is 27.6 Å². The number of nitrogens with one attached hydrogen (secondary N) is 2. The van der Waals surface area contributed by atoms with Gasteiger partial charge in [-0.3, -0.25) is 0 Å². The molecule has 2 aromatic rings. The summed E-state index contributed by atoms with van der Waals surface area (Å²) in [5, 5.41) is 0. The van der Waals surface area contributed by atoms with E-state index in [1.165, 1.54) is 68.9 Å². The number of unbranched alkanes of at least 4 members (excludes halogenated alkanes) is 6. The molecular formula is C39H62N2Si2. The topological polar surface area (TPSA) is 24.1 Å². The third-order valence-corrected chi connectivity index (χ3v) is 16.2. The van der Waals surface area contributed by atoms with E-state index in [0.29, 0.717) is 11.1 Å². The van der Waals surface area contributed by atoms with Gasteiger partial charge in [-0.25, -0.2) is 0 Å². The lowest BCUT2D eigenvalue weighted by Gasteiger charge is -2.37. The molecule has 236 valence electrons. The lowest BCUT2D eigenvalue weighted by molar-refractivity contribution is 0.508. The van der Waals surface area contributed by atoms with Crippen molar-refractivity contribution in [3.63, 3.8) is 0 Å². The molecule has 2 unspecified atom stereocenters. The zero-order chi connectivity index (χ0) is 31.5. The molecule has 0 heterocycles. The molecule has 2 aliphatic rings. The largest absolute Gasteiger partial charge is 0.332 e. The van der Waals surface area contributed by atoms with Crippen LogP contribution in [-0.4, -0.2) is 27.5 Å². The van der Waals surface area contributed by atoms with E-state index in [1.807, 2.05) is 0 Å². The summed E-state index contributed by atoms with van der Waals surface area (Å²) in [4.78, 5) is 8.06. The smallest absolute Gasteiger partial charge is 0.131 e. The van der Waals surface area contributed by atoms with Gasteiger partial charge < -0.3 is 9.96 Å². The summed E-state index contributed by atoms with van der Waals surface area (Å²) >= 11 is 0. The van der Waals surface area contributed by atoms with Gasteiger partial charge in [-0.05, 0) is 101 Å². The first kappa shape index (κ1) is 34.2. The first-order valence-corrected chi connectivity index (χ1v) is 23.4. The zero-order valence-corrected chi connectivity index (χ0v) is 31.3. The first-order valence-electron chi connectivity index (χ1n) is 17.3. The highest BCUT2D eigenvalue weighted by Crippen LogP contribution is 2.44. The molecule has 2 aliphatic carbocycles. The van der Waals surface area contributed by atoms with Gasteiger partial charge in [-0.1, -0.05) is 119 Å². The van der Waals surface area contributed by atoms with Crippen LogP contribution in [0, 0.1) is 0 Å². The number of hydrogen-bond donors (Lipinski definition) is 2. The second-order valence-electron chi connectivity index (χ2n) is 16.7. The number of rotatable bonds is 14. The van der Waals surface area contributed by atoms with E-state index in [-0.39, 0.29) is 11.1 Å². The summed E-state index contributed by atoms with van der Waals surface area (Å²) in [5.41, 5.74) is 10.8. The van der Waals surface area contributed by atoms with Crippen LogP contribution in [0.2, 0.25) is 26.2 Å². The zero-order valence-electron chi connectivity index (χ0n) is 29.3. The van der Waals surface area contributed by atoms with E-state index in [4.69, 9.17) is 0 Å². The molecule has 0 saturated heterocycles. The van der Waals surface area contributed by atoms with Gasteiger partial charge in [0.25, 0.3) is 0 Å². The molecule has 4 heteroatoms. The Morgan fingerprint density at radius 1 is 0.512 bits per heavy atom. The van der Waals surface area contributed by atoms with Gasteiger partial charge in [0, 0.05) is 22.2 Å². The van der Waals surface area contributed by atoms with Gasteiger partial charge in [0.2, 0.25) is 0 Å². The van der Waals surface area contributed by atoms with Crippen molar-refractivity contribution in [1.29, 1.82) is 0 Å². The summed E-state index contributed by atoms with van der Waals surface area (Å²) in [7, 11) is -3.31. The summed E-state index contributed by atoms with van der Waals surface area (Å²) in [5.74, 6) is 0. The molecular weight excluding hydrogens is 553 g/mol. The number of benzene rings is 2. The lowest BCUT2D eigenvalue weighted by Crippen LogP contribution is -2.57. The average Bonchev–Trinajstić information content (AvgIpc) is 3.45. The molecule has 0 saturated carbocycles. The molecule has 0 spiro atoms. The van der Waals surface area contributed by atoms with Gasteiger partial charge in [-0.15, -0.1) is 0 Å². The predicted octanol–water partition coefficient (Wildman–Crippen LogP) is 11.1. The van der Waals surface area contributed by atoms with Crippen LogP contribution in [0.25, 0.3) is 11.1 Å². The second-order valence-corrected chi connectivity index (χ2v) is 25.3. The predicted molar refractivity (Wildman–Crippen MR) is 197 cm³/mol. The minimum Gasteiger partial charge on any atom is -0.332 e. The molecule has 0 aromatic heterocycles. The maximum absolute atomic E-state index is 4.03. The molecule has 43 heavy (non-hydrogen) atoms. The van der Waals surface area contributed by atoms with Crippen LogP contribution in [0.4, 0.5) is 0 Å². The fraction of sp³-hybridized carbons (Fsp3) is 0.590. The molecule has 2 aromatic carbocycles. The molecule has 0 radical (unpaired) electrons. The van der Waals surface area contributed by atoms with Crippen LogP contribution in [0.3, 0.4) is 0 Å². The Labute approximate surface area is 267 Å². The molecule has 0 aliphatic heterocycles. The van der Waals surface area contributed by atoms with Gasteiger partial charge >= 0.3 is 0 Å². The minimum atomic E-state index is -1.66. The van der Waals surface area contributed by atoms with Gasteiger partial charge in [0.15, 0.2) is 0 Å². The number of hydrogen-bond acceptors (Lipinski definition) is 2. The van der Waals surface area contributed by atoms with E-state index < -0.39 is 16.5 Å². The summed E-state index contributed by atoms with van der Waals surface area (Å²) in [6.07, 6.45) is 17.2. The Bertz CT molecular complexity index is 1190. The van der Waals surface area contributed by atoms with Crippen LogP contribution < -0.4 is 9.96 Å². The van der Waals surface area contributed by atoms with Crippen molar-refractivity contribution < 1.29 is 0 Å². The average molecular weight is 615 g/mol. The molecule has 2 atom stereocenters.